The summed E-state index contributed by atoms with van der Waals surface area (Å²) in [5.41, 5.74) is 2.43. The fourth-order valence-corrected chi connectivity index (χ4v) is 5.50. The molecule has 0 amide bonds. The third kappa shape index (κ3) is 4.47. The molecule has 2 fully saturated rings. The number of benzene rings is 1. The minimum atomic E-state index is -0.373. The number of anilines is 1. The molecule has 1 aromatic carbocycles. The second-order valence-electron chi connectivity index (χ2n) is 9.77. The van der Waals surface area contributed by atoms with E-state index in [0.717, 1.165) is 41.4 Å². The monoisotopic (exact) mass is 495 g/mol. The van der Waals surface area contributed by atoms with Gasteiger partial charge in [0.15, 0.2) is 16.3 Å². The molecule has 3 heterocycles. The summed E-state index contributed by atoms with van der Waals surface area (Å²) in [4.78, 5) is 35.1. The molecule has 0 unspecified atom stereocenters. The second kappa shape index (κ2) is 9.49. The number of aromatic nitrogens is 4. The van der Waals surface area contributed by atoms with Gasteiger partial charge in [-0.2, -0.15) is 4.98 Å². The Labute approximate surface area is 210 Å². The van der Waals surface area contributed by atoms with E-state index in [1.807, 2.05) is 4.57 Å². The second-order valence-corrected chi connectivity index (χ2v) is 10.2. The Morgan fingerprint density at radius 3 is 2.34 bits per heavy atom. The van der Waals surface area contributed by atoms with Crippen LogP contribution >= 0.6 is 12.2 Å². The van der Waals surface area contributed by atoms with Gasteiger partial charge in [0.25, 0.3) is 5.56 Å². The van der Waals surface area contributed by atoms with Crippen molar-refractivity contribution >= 4 is 34.4 Å². The van der Waals surface area contributed by atoms with Gasteiger partial charge in [-0.1, -0.05) is 42.7 Å². The molecule has 9 nitrogen and oxygen atoms in total. The van der Waals surface area contributed by atoms with Gasteiger partial charge in [0.1, 0.15) is 0 Å². The van der Waals surface area contributed by atoms with Crippen LogP contribution in [0.1, 0.15) is 36.8 Å². The molecule has 35 heavy (non-hydrogen) atoms. The lowest BCUT2D eigenvalue weighted by Gasteiger charge is -2.37. The number of rotatable bonds is 4. The molecule has 10 heteroatoms. The first-order valence-electron chi connectivity index (χ1n) is 12.4. The third-order valence-electron chi connectivity index (χ3n) is 7.32. The Morgan fingerprint density at radius 1 is 1.03 bits per heavy atom. The molecule has 0 radical (unpaired) electrons. The fraction of sp³-hybridized carbons (Fsp3) is 0.520. The number of imidazole rings is 1. The highest BCUT2D eigenvalue weighted by Crippen LogP contribution is 2.23. The van der Waals surface area contributed by atoms with E-state index in [9.17, 15) is 9.59 Å². The van der Waals surface area contributed by atoms with Gasteiger partial charge >= 0.3 is 5.69 Å². The molecular weight excluding hydrogens is 462 g/mol. The average Bonchev–Trinajstić information content (AvgIpc) is 3.51. The minimum absolute atomic E-state index is 0.325. The molecule has 0 bridgehead atoms. The quantitative estimate of drug-likeness (QED) is 0.552. The Balaban J connectivity index is 1.46. The normalized spacial score (nSPS) is 16.9. The SMILES string of the molecule is Cc1ccc(Cn2c(N3CCN(C(=S)NC4CCCC4)CC3)nc3c2c(=O)n(C)c(=O)n3C)cc1. The van der Waals surface area contributed by atoms with E-state index in [0.29, 0.717) is 29.7 Å². The Bertz CT molecular complexity index is 1360. The molecule has 186 valence electrons. The molecule has 5 rings (SSSR count). The van der Waals surface area contributed by atoms with E-state index < -0.39 is 0 Å². The van der Waals surface area contributed by atoms with E-state index >= 15 is 0 Å². The molecule has 1 saturated carbocycles. The van der Waals surface area contributed by atoms with Gasteiger partial charge in [-0.25, -0.2) is 4.79 Å². The highest BCUT2D eigenvalue weighted by Gasteiger charge is 2.27. The molecule has 0 spiro atoms. The first kappa shape index (κ1) is 23.6. The first-order chi connectivity index (χ1) is 16.8. The van der Waals surface area contributed by atoms with Crippen molar-refractivity contribution in [1.29, 1.82) is 0 Å². The fourth-order valence-electron chi connectivity index (χ4n) is 5.15. The van der Waals surface area contributed by atoms with Crippen LogP contribution in [0, 0.1) is 6.92 Å². The summed E-state index contributed by atoms with van der Waals surface area (Å²) in [6.45, 7) is 5.59. The average molecular weight is 496 g/mol. The molecule has 0 atom stereocenters. The smallest absolute Gasteiger partial charge is 0.332 e. The van der Waals surface area contributed by atoms with Crippen molar-refractivity contribution in [2.45, 2.75) is 45.2 Å². The maximum absolute atomic E-state index is 13.2. The van der Waals surface area contributed by atoms with Gasteiger partial charge in [0.2, 0.25) is 5.95 Å². The molecule has 1 saturated heterocycles. The van der Waals surface area contributed by atoms with Crippen molar-refractivity contribution in [3.05, 3.63) is 56.2 Å². The van der Waals surface area contributed by atoms with Gasteiger partial charge in [-0.15, -0.1) is 0 Å². The predicted octanol–water partition coefficient (Wildman–Crippen LogP) is 1.73. The number of fused-ring (bicyclic) bond motifs is 1. The lowest BCUT2D eigenvalue weighted by Crippen LogP contribution is -2.53. The van der Waals surface area contributed by atoms with Gasteiger partial charge in [0.05, 0.1) is 6.54 Å². The van der Waals surface area contributed by atoms with Crippen LogP contribution in [-0.4, -0.2) is 60.9 Å². The van der Waals surface area contributed by atoms with E-state index in [2.05, 4.69) is 46.3 Å². The van der Waals surface area contributed by atoms with E-state index in [4.69, 9.17) is 17.2 Å². The molecule has 1 N–H and O–H groups in total. The Hall–Kier alpha value is -3.14. The number of nitrogens with one attached hydrogen (secondary N) is 1. The van der Waals surface area contributed by atoms with Crippen LogP contribution in [0.15, 0.2) is 33.9 Å². The van der Waals surface area contributed by atoms with Crippen molar-refractivity contribution < 1.29 is 0 Å². The maximum Gasteiger partial charge on any atom is 0.332 e. The molecule has 2 aliphatic rings. The third-order valence-corrected chi connectivity index (χ3v) is 7.70. The Morgan fingerprint density at radius 2 is 1.69 bits per heavy atom. The van der Waals surface area contributed by atoms with E-state index in [1.165, 1.54) is 42.9 Å². The summed E-state index contributed by atoms with van der Waals surface area (Å²) >= 11 is 5.70. The first-order valence-corrected chi connectivity index (χ1v) is 12.8. The number of aryl methyl sites for hydroxylation is 2. The Kier molecular flexibility index (Phi) is 6.39. The number of nitrogens with zero attached hydrogens (tertiary/aromatic N) is 6. The lowest BCUT2D eigenvalue weighted by molar-refractivity contribution is 0.370. The van der Waals surface area contributed by atoms with Gasteiger partial charge in [-0.05, 0) is 37.5 Å². The highest BCUT2D eigenvalue weighted by molar-refractivity contribution is 7.80. The summed E-state index contributed by atoms with van der Waals surface area (Å²) in [5, 5.41) is 4.37. The topological polar surface area (TPSA) is 80.3 Å². The zero-order chi connectivity index (χ0) is 24.7. The molecular formula is C25H33N7O2S. The summed E-state index contributed by atoms with van der Waals surface area (Å²) in [6, 6.07) is 8.78. The summed E-state index contributed by atoms with van der Waals surface area (Å²) < 4.78 is 4.58. The van der Waals surface area contributed by atoms with Crippen LogP contribution in [-0.2, 0) is 20.6 Å². The van der Waals surface area contributed by atoms with Crippen molar-refractivity contribution in [2.75, 3.05) is 31.1 Å². The molecule has 3 aromatic rings. The van der Waals surface area contributed by atoms with Gasteiger partial charge in [0, 0.05) is 46.3 Å². The van der Waals surface area contributed by atoms with Crippen molar-refractivity contribution in [3.8, 4) is 0 Å². The minimum Gasteiger partial charge on any atom is -0.360 e. The molecule has 1 aliphatic heterocycles. The number of hydrogen-bond acceptors (Lipinski definition) is 5. The summed E-state index contributed by atoms with van der Waals surface area (Å²) in [5.74, 6) is 0.716. The van der Waals surface area contributed by atoms with Crippen LogP contribution in [0.5, 0.6) is 0 Å². The maximum atomic E-state index is 13.2. The van der Waals surface area contributed by atoms with Crippen LogP contribution in [0.4, 0.5) is 5.95 Å². The van der Waals surface area contributed by atoms with Gasteiger partial charge in [-0.3, -0.25) is 18.5 Å². The number of thiocarbonyl (C=S) groups is 1. The van der Waals surface area contributed by atoms with Crippen LogP contribution < -0.4 is 21.5 Å². The van der Waals surface area contributed by atoms with Crippen LogP contribution in [0.3, 0.4) is 0 Å². The zero-order valence-corrected chi connectivity index (χ0v) is 21.5. The standard InChI is InChI=1S/C25H33N7O2S/c1-17-8-10-18(11-9-17)16-32-20-21(28(2)25(34)29(3)22(20)33)27-23(32)30-12-14-31(15-13-30)24(35)26-19-6-4-5-7-19/h8-11,19H,4-7,12-16H2,1-3H3,(H,26,35). The molecule has 1 aliphatic carbocycles. The zero-order valence-electron chi connectivity index (χ0n) is 20.7. The number of hydrogen-bond donors (Lipinski definition) is 1. The largest absolute Gasteiger partial charge is 0.360 e. The van der Waals surface area contributed by atoms with E-state index in [-0.39, 0.29) is 11.2 Å². The van der Waals surface area contributed by atoms with Crippen LogP contribution in [0.2, 0.25) is 0 Å². The van der Waals surface area contributed by atoms with Crippen molar-refractivity contribution in [3.63, 3.8) is 0 Å². The number of piperazine rings is 1. The van der Waals surface area contributed by atoms with Crippen molar-refractivity contribution in [2.24, 2.45) is 14.1 Å². The van der Waals surface area contributed by atoms with Crippen LogP contribution in [0.25, 0.3) is 11.2 Å². The summed E-state index contributed by atoms with van der Waals surface area (Å²) in [7, 11) is 3.19. The molecule has 2 aromatic heterocycles. The van der Waals surface area contributed by atoms with Gasteiger partial charge < -0.3 is 15.1 Å². The summed E-state index contributed by atoms with van der Waals surface area (Å²) in [6.07, 6.45) is 4.92. The van der Waals surface area contributed by atoms with E-state index in [1.54, 1.807) is 7.05 Å². The predicted molar refractivity (Wildman–Crippen MR) is 142 cm³/mol. The lowest BCUT2D eigenvalue weighted by atomic mass is 10.1. The van der Waals surface area contributed by atoms with Crippen molar-refractivity contribution in [1.82, 2.24) is 28.9 Å². The highest BCUT2D eigenvalue weighted by atomic mass is 32.1.